The van der Waals surface area contributed by atoms with E-state index in [1.165, 1.54) is 0 Å². The van der Waals surface area contributed by atoms with Crippen LogP contribution in [0.2, 0.25) is 0 Å². The van der Waals surface area contributed by atoms with Crippen molar-refractivity contribution >= 4 is 16.8 Å². The maximum Gasteiger partial charge on any atom is 0.262 e. The molecule has 98 valence electrons. The van der Waals surface area contributed by atoms with Crippen LogP contribution >= 0.6 is 11.6 Å². The summed E-state index contributed by atoms with van der Waals surface area (Å²) in [5, 5.41) is -0.535. The molecule has 2 nitrogen and oxygen atoms in total. The van der Waals surface area contributed by atoms with E-state index in [-0.39, 0.29) is 0 Å². The minimum Gasteiger partial charge on any atom is -0.357 e. The van der Waals surface area contributed by atoms with E-state index in [2.05, 4.69) is 0 Å². The minimum absolute atomic E-state index is 0.391. The van der Waals surface area contributed by atoms with Crippen LogP contribution in [0, 0.1) is 0 Å². The van der Waals surface area contributed by atoms with E-state index >= 15 is 0 Å². The molecule has 0 heterocycles. The summed E-state index contributed by atoms with van der Waals surface area (Å²) >= 11 is 5.88. The van der Waals surface area contributed by atoms with Gasteiger partial charge in [-0.2, -0.15) is 0 Å². The van der Waals surface area contributed by atoms with E-state index in [4.69, 9.17) is 16.3 Å². The molecule has 0 radical (unpaired) electrons. The molecular formula is C16H15ClO2. The van der Waals surface area contributed by atoms with Crippen molar-refractivity contribution in [1.82, 2.24) is 0 Å². The smallest absolute Gasteiger partial charge is 0.262 e. The Morgan fingerprint density at radius 3 is 1.74 bits per heavy atom. The molecule has 0 saturated heterocycles. The van der Waals surface area contributed by atoms with Crippen molar-refractivity contribution in [2.24, 2.45) is 0 Å². The third-order valence-corrected chi connectivity index (χ3v) is 3.26. The SMILES string of the molecule is CCOC(C(=O)Cl)(c1ccccc1)c1ccccc1. The summed E-state index contributed by atoms with van der Waals surface area (Å²) in [4.78, 5) is 12.1. The fourth-order valence-electron chi connectivity index (χ4n) is 2.18. The summed E-state index contributed by atoms with van der Waals surface area (Å²) in [5.41, 5.74) is 0.241. The van der Waals surface area contributed by atoms with Crippen LogP contribution in [0.1, 0.15) is 18.1 Å². The lowest BCUT2D eigenvalue weighted by molar-refractivity contribution is -0.131. The number of ether oxygens (including phenoxy) is 1. The molecule has 0 atom stereocenters. The average molecular weight is 275 g/mol. The Kier molecular flexibility index (Phi) is 4.35. The summed E-state index contributed by atoms with van der Waals surface area (Å²) in [6.07, 6.45) is 0. The third kappa shape index (κ3) is 2.55. The van der Waals surface area contributed by atoms with Crippen LogP contribution in [0.5, 0.6) is 0 Å². The van der Waals surface area contributed by atoms with E-state index in [1.54, 1.807) is 0 Å². The first kappa shape index (κ1) is 13.8. The lowest BCUT2D eigenvalue weighted by Gasteiger charge is -2.30. The van der Waals surface area contributed by atoms with Gasteiger partial charge in [0.05, 0.1) is 0 Å². The summed E-state index contributed by atoms with van der Waals surface area (Å²) < 4.78 is 5.78. The zero-order chi connectivity index (χ0) is 13.7. The Morgan fingerprint density at radius 1 is 1.00 bits per heavy atom. The first-order chi connectivity index (χ1) is 9.21. The molecule has 3 heteroatoms. The summed E-state index contributed by atoms with van der Waals surface area (Å²) in [7, 11) is 0. The monoisotopic (exact) mass is 274 g/mol. The Balaban J connectivity index is 2.65. The number of benzene rings is 2. The first-order valence-electron chi connectivity index (χ1n) is 6.16. The van der Waals surface area contributed by atoms with Gasteiger partial charge in [-0.05, 0) is 29.7 Å². The quantitative estimate of drug-likeness (QED) is 0.777. The van der Waals surface area contributed by atoms with Crippen molar-refractivity contribution in [1.29, 1.82) is 0 Å². The lowest BCUT2D eigenvalue weighted by Crippen LogP contribution is -2.37. The van der Waals surface area contributed by atoms with E-state index in [0.717, 1.165) is 11.1 Å². The van der Waals surface area contributed by atoms with Gasteiger partial charge in [0.1, 0.15) is 0 Å². The van der Waals surface area contributed by atoms with Gasteiger partial charge in [0.2, 0.25) is 0 Å². The van der Waals surface area contributed by atoms with Crippen LogP contribution in [0.3, 0.4) is 0 Å². The minimum atomic E-state index is -1.24. The Morgan fingerprint density at radius 2 is 1.42 bits per heavy atom. The molecule has 2 rings (SSSR count). The highest BCUT2D eigenvalue weighted by Gasteiger charge is 2.41. The largest absolute Gasteiger partial charge is 0.357 e. The maximum atomic E-state index is 12.1. The van der Waals surface area contributed by atoms with Crippen LogP contribution in [0.15, 0.2) is 60.7 Å². The number of carbonyl (C=O) groups is 1. The van der Waals surface area contributed by atoms with Gasteiger partial charge in [0.15, 0.2) is 5.60 Å². The molecule has 0 aliphatic rings. The van der Waals surface area contributed by atoms with Gasteiger partial charge >= 0.3 is 0 Å². The van der Waals surface area contributed by atoms with Crippen molar-refractivity contribution in [3.05, 3.63) is 71.8 Å². The van der Waals surface area contributed by atoms with Crippen LogP contribution in [0.25, 0.3) is 0 Å². The molecule has 0 aliphatic heterocycles. The molecule has 0 amide bonds. The molecule has 0 unspecified atom stereocenters. The third-order valence-electron chi connectivity index (χ3n) is 3.00. The lowest BCUT2D eigenvalue weighted by atomic mass is 9.87. The van der Waals surface area contributed by atoms with Crippen molar-refractivity contribution in [3.8, 4) is 0 Å². The second kappa shape index (κ2) is 6.00. The number of halogens is 1. The van der Waals surface area contributed by atoms with Gasteiger partial charge in [0, 0.05) is 6.61 Å². The van der Waals surface area contributed by atoms with Gasteiger partial charge in [-0.1, -0.05) is 60.7 Å². The summed E-state index contributed by atoms with van der Waals surface area (Å²) in [6, 6.07) is 18.7. The number of hydrogen-bond acceptors (Lipinski definition) is 2. The van der Waals surface area contributed by atoms with Gasteiger partial charge < -0.3 is 4.74 Å². The predicted molar refractivity (Wildman–Crippen MR) is 76.2 cm³/mol. The average Bonchev–Trinajstić information content (AvgIpc) is 2.46. The van der Waals surface area contributed by atoms with Gasteiger partial charge in [-0.3, -0.25) is 4.79 Å². The fraction of sp³-hybridized carbons (Fsp3) is 0.188. The first-order valence-corrected chi connectivity index (χ1v) is 6.54. The number of hydrogen-bond donors (Lipinski definition) is 0. The Labute approximate surface area is 118 Å². The Hall–Kier alpha value is -1.64. The van der Waals surface area contributed by atoms with Crippen LogP contribution in [-0.4, -0.2) is 11.8 Å². The summed E-state index contributed by atoms with van der Waals surface area (Å²) in [5.74, 6) is 0. The number of rotatable bonds is 5. The maximum absolute atomic E-state index is 12.1. The number of carbonyl (C=O) groups excluding carboxylic acids is 1. The highest BCUT2D eigenvalue weighted by Crippen LogP contribution is 2.35. The van der Waals surface area contributed by atoms with Crippen molar-refractivity contribution < 1.29 is 9.53 Å². The molecule has 2 aromatic carbocycles. The molecule has 2 aromatic rings. The van der Waals surface area contributed by atoms with Gasteiger partial charge in [-0.15, -0.1) is 0 Å². The second-order valence-electron chi connectivity index (χ2n) is 4.12. The zero-order valence-electron chi connectivity index (χ0n) is 10.7. The van der Waals surface area contributed by atoms with E-state index in [9.17, 15) is 4.79 Å². The van der Waals surface area contributed by atoms with Crippen molar-refractivity contribution in [2.75, 3.05) is 6.61 Å². The highest BCUT2D eigenvalue weighted by molar-refractivity contribution is 6.65. The van der Waals surface area contributed by atoms with Crippen molar-refractivity contribution in [2.45, 2.75) is 12.5 Å². The molecule has 19 heavy (non-hydrogen) atoms. The molecule has 0 spiro atoms. The summed E-state index contributed by atoms with van der Waals surface area (Å²) in [6.45, 7) is 2.24. The molecule has 0 aromatic heterocycles. The van der Waals surface area contributed by atoms with Crippen molar-refractivity contribution in [3.63, 3.8) is 0 Å². The van der Waals surface area contributed by atoms with E-state index in [0.29, 0.717) is 6.61 Å². The molecule has 0 saturated carbocycles. The van der Waals surface area contributed by atoms with Crippen LogP contribution < -0.4 is 0 Å². The van der Waals surface area contributed by atoms with E-state index < -0.39 is 10.8 Å². The van der Waals surface area contributed by atoms with Gasteiger partial charge in [0.25, 0.3) is 5.24 Å². The highest BCUT2D eigenvalue weighted by atomic mass is 35.5. The zero-order valence-corrected chi connectivity index (χ0v) is 11.4. The topological polar surface area (TPSA) is 26.3 Å². The van der Waals surface area contributed by atoms with Crippen LogP contribution in [0.4, 0.5) is 0 Å². The normalized spacial score (nSPS) is 11.3. The standard InChI is InChI=1S/C16H15ClO2/c1-2-19-16(15(17)18,13-9-5-3-6-10-13)14-11-7-4-8-12-14/h3-12H,2H2,1H3. The molecule has 0 N–H and O–H groups in total. The second-order valence-corrected chi connectivity index (χ2v) is 4.46. The molecule has 0 aliphatic carbocycles. The predicted octanol–water partition coefficient (Wildman–Crippen LogP) is 3.73. The molecular weight excluding hydrogens is 260 g/mol. The fourth-order valence-corrected chi connectivity index (χ4v) is 2.45. The molecule has 0 bridgehead atoms. The van der Waals surface area contributed by atoms with Crippen LogP contribution in [-0.2, 0) is 15.1 Å². The molecule has 0 fully saturated rings. The van der Waals surface area contributed by atoms with Gasteiger partial charge in [-0.25, -0.2) is 0 Å². The van der Waals surface area contributed by atoms with E-state index in [1.807, 2.05) is 67.6 Å². The Bertz CT molecular complexity index is 498.